The van der Waals surface area contributed by atoms with E-state index >= 15 is 0 Å². The molecule has 0 fully saturated rings. The van der Waals surface area contributed by atoms with E-state index in [-0.39, 0.29) is 22.1 Å². The Morgan fingerprint density at radius 1 is 1.33 bits per heavy atom. The van der Waals surface area contributed by atoms with Crippen LogP contribution in [0.15, 0.2) is 24.5 Å². The van der Waals surface area contributed by atoms with Gasteiger partial charge in [0.1, 0.15) is 6.33 Å². The fraction of sp³-hybridized carbons (Fsp3) is 0. The predicted octanol–water partition coefficient (Wildman–Crippen LogP) is 1.41. The minimum atomic E-state index is -1.13. The number of anilines is 1. The summed E-state index contributed by atoms with van der Waals surface area (Å²) in [5, 5.41) is 17.4. The zero-order valence-electron chi connectivity index (χ0n) is 8.85. The first-order chi connectivity index (χ1) is 8.56. The fourth-order valence-corrected chi connectivity index (χ4v) is 1.53. The van der Waals surface area contributed by atoms with Crippen molar-refractivity contribution in [2.45, 2.75) is 0 Å². The second-order valence-electron chi connectivity index (χ2n) is 3.32. The number of aromatic carboxylic acids is 1. The van der Waals surface area contributed by atoms with E-state index in [0.717, 1.165) is 0 Å². The molecule has 18 heavy (non-hydrogen) atoms. The van der Waals surface area contributed by atoms with Crippen LogP contribution in [0.5, 0.6) is 0 Å². The lowest BCUT2D eigenvalue weighted by atomic mass is 10.2. The van der Waals surface area contributed by atoms with Crippen molar-refractivity contribution < 1.29 is 14.7 Å². The van der Waals surface area contributed by atoms with Gasteiger partial charge in [-0.3, -0.25) is 9.89 Å². The molecule has 3 N–H and O–H groups in total. The maximum atomic E-state index is 11.6. The number of carboxylic acid groups (broad SMARTS) is 1. The average Bonchev–Trinajstić information content (AvgIpc) is 2.81. The van der Waals surface area contributed by atoms with E-state index < -0.39 is 11.9 Å². The van der Waals surface area contributed by atoms with E-state index in [1.807, 2.05) is 0 Å². The molecule has 0 bridgehead atoms. The molecule has 92 valence electrons. The lowest BCUT2D eigenvalue weighted by Gasteiger charge is -2.05. The number of aromatic amines is 1. The van der Waals surface area contributed by atoms with Gasteiger partial charge in [0.05, 0.1) is 5.56 Å². The van der Waals surface area contributed by atoms with Gasteiger partial charge in [0.15, 0.2) is 0 Å². The molecule has 0 aliphatic carbocycles. The van der Waals surface area contributed by atoms with Crippen molar-refractivity contribution in [1.82, 2.24) is 15.2 Å². The molecule has 0 aliphatic rings. The first kappa shape index (κ1) is 12.1. The highest BCUT2D eigenvalue weighted by Gasteiger charge is 2.11. The number of nitrogens with zero attached hydrogens (tertiary/aromatic N) is 2. The van der Waals surface area contributed by atoms with Crippen molar-refractivity contribution >= 4 is 29.2 Å². The number of aromatic nitrogens is 3. The number of carbonyl (C=O) groups excluding carboxylic acids is 1. The molecule has 0 saturated heterocycles. The van der Waals surface area contributed by atoms with E-state index in [2.05, 4.69) is 20.5 Å². The van der Waals surface area contributed by atoms with Crippen molar-refractivity contribution in [2.75, 3.05) is 5.32 Å². The molecule has 0 atom stereocenters. The van der Waals surface area contributed by atoms with Crippen LogP contribution < -0.4 is 5.32 Å². The van der Waals surface area contributed by atoms with Gasteiger partial charge < -0.3 is 10.4 Å². The van der Waals surface area contributed by atoms with Crippen LogP contribution in [0.2, 0.25) is 5.02 Å². The Morgan fingerprint density at radius 2 is 2.11 bits per heavy atom. The number of amides is 1. The quantitative estimate of drug-likeness (QED) is 0.778. The van der Waals surface area contributed by atoms with Gasteiger partial charge in [-0.15, -0.1) is 0 Å². The number of hydrogen-bond acceptors (Lipinski definition) is 4. The third-order valence-electron chi connectivity index (χ3n) is 2.03. The average molecular weight is 267 g/mol. The molecule has 8 heteroatoms. The lowest BCUT2D eigenvalue weighted by Crippen LogP contribution is -2.14. The number of H-pyrrole nitrogens is 1. The molecule has 1 aromatic heterocycles. The van der Waals surface area contributed by atoms with E-state index in [0.29, 0.717) is 0 Å². The molecular formula is C10H7ClN4O3. The molecule has 0 saturated carbocycles. The van der Waals surface area contributed by atoms with Gasteiger partial charge in [-0.2, -0.15) is 5.10 Å². The molecule has 1 aromatic carbocycles. The Labute approximate surface area is 106 Å². The largest absolute Gasteiger partial charge is 0.478 e. The van der Waals surface area contributed by atoms with Crippen molar-refractivity contribution in [3.05, 3.63) is 40.9 Å². The summed E-state index contributed by atoms with van der Waals surface area (Å²) in [6.07, 6.45) is 1.19. The Bertz CT molecular complexity index is 597. The summed E-state index contributed by atoms with van der Waals surface area (Å²) in [6, 6.07) is 4.01. The SMILES string of the molecule is O=C(O)c1cc(Cl)cc(NC(=O)c2ncn[nH]2)c1. The predicted molar refractivity (Wildman–Crippen MR) is 62.7 cm³/mol. The maximum Gasteiger partial charge on any atom is 0.335 e. The molecule has 1 amide bonds. The van der Waals surface area contributed by atoms with Gasteiger partial charge in [0.2, 0.25) is 5.82 Å². The highest BCUT2D eigenvalue weighted by molar-refractivity contribution is 6.31. The minimum absolute atomic E-state index is 0.0182. The summed E-state index contributed by atoms with van der Waals surface area (Å²) in [6.45, 7) is 0. The third kappa shape index (κ3) is 2.64. The number of hydrogen-bond donors (Lipinski definition) is 3. The van der Waals surface area contributed by atoms with Crippen molar-refractivity contribution in [1.29, 1.82) is 0 Å². The molecular weight excluding hydrogens is 260 g/mol. The highest BCUT2D eigenvalue weighted by Crippen LogP contribution is 2.19. The van der Waals surface area contributed by atoms with Crippen molar-refractivity contribution in [3.8, 4) is 0 Å². The Kier molecular flexibility index (Phi) is 3.24. The minimum Gasteiger partial charge on any atom is -0.478 e. The number of halogens is 1. The maximum absolute atomic E-state index is 11.6. The van der Waals surface area contributed by atoms with Crippen LogP contribution >= 0.6 is 11.6 Å². The summed E-state index contributed by atoms with van der Waals surface area (Å²) in [7, 11) is 0. The molecule has 1 heterocycles. The van der Waals surface area contributed by atoms with Crippen molar-refractivity contribution in [3.63, 3.8) is 0 Å². The number of rotatable bonds is 3. The van der Waals surface area contributed by atoms with Crippen LogP contribution in [0, 0.1) is 0 Å². The molecule has 0 spiro atoms. The Balaban J connectivity index is 2.24. The second kappa shape index (κ2) is 4.84. The number of carboxylic acids is 1. The van der Waals surface area contributed by atoms with Crippen LogP contribution in [0.3, 0.4) is 0 Å². The monoisotopic (exact) mass is 266 g/mol. The number of nitrogens with one attached hydrogen (secondary N) is 2. The molecule has 0 unspecified atom stereocenters. The van der Waals surface area contributed by atoms with E-state index in [1.165, 1.54) is 24.5 Å². The smallest absolute Gasteiger partial charge is 0.335 e. The normalized spacial score (nSPS) is 10.1. The molecule has 7 nitrogen and oxygen atoms in total. The first-order valence-electron chi connectivity index (χ1n) is 4.77. The van der Waals surface area contributed by atoms with Crippen LogP contribution in [0.4, 0.5) is 5.69 Å². The third-order valence-corrected chi connectivity index (χ3v) is 2.25. The standard InChI is InChI=1S/C10H7ClN4O3/c11-6-1-5(10(17)18)2-7(3-6)14-9(16)8-12-4-13-15-8/h1-4H,(H,14,16)(H,17,18)(H,12,13,15). The van der Waals surface area contributed by atoms with Gasteiger partial charge in [-0.05, 0) is 18.2 Å². The van der Waals surface area contributed by atoms with Gasteiger partial charge in [0, 0.05) is 10.7 Å². The van der Waals surface area contributed by atoms with Gasteiger partial charge >= 0.3 is 5.97 Å². The summed E-state index contributed by atoms with van der Waals surface area (Å²) >= 11 is 5.75. The molecule has 2 rings (SSSR count). The van der Waals surface area contributed by atoms with Crippen LogP contribution in [-0.4, -0.2) is 32.2 Å². The van der Waals surface area contributed by atoms with Gasteiger partial charge in [0.25, 0.3) is 5.91 Å². The fourth-order valence-electron chi connectivity index (χ4n) is 1.29. The van der Waals surface area contributed by atoms with Crippen LogP contribution in [0.25, 0.3) is 0 Å². The second-order valence-corrected chi connectivity index (χ2v) is 3.76. The van der Waals surface area contributed by atoms with Gasteiger partial charge in [-0.25, -0.2) is 9.78 Å². The summed E-state index contributed by atoms with van der Waals surface area (Å²) in [5.74, 6) is -1.65. The van der Waals surface area contributed by atoms with E-state index in [4.69, 9.17) is 16.7 Å². The number of carbonyl (C=O) groups is 2. The molecule has 2 aromatic rings. The van der Waals surface area contributed by atoms with Gasteiger partial charge in [-0.1, -0.05) is 11.6 Å². The highest BCUT2D eigenvalue weighted by atomic mass is 35.5. The summed E-state index contributed by atoms with van der Waals surface area (Å²) < 4.78 is 0. The molecule has 0 aliphatic heterocycles. The lowest BCUT2D eigenvalue weighted by molar-refractivity contribution is 0.0696. The zero-order chi connectivity index (χ0) is 13.1. The Hall–Kier alpha value is -2.41. The summed E-state index contributed by atoms with van der Waals surface area (Å²) in [5.41, 5.74) is 0.247. The zero-order valence-corrected chi connectivity index (χ0v) is 9.60. The summed E-state index contributed by atoms with van der Waals surface area (Å²) in [4.78, 5) is 26.1. The Morgan fingerprint density at radius 3 is 2.72 bits per heavy atom. The molecule has 0 radical (unpaired) electrons. The van der Waals surface area contributed by atoms with Crippen molar-refractivity contribution in [2.24, 2.45) is 0 Å². The first-order valence-corrected chi connectivity index (χ1v) is 5.14. The van der Waals surface area contributed by atoms with Crippen LogP contribution in [-0.2, 0) is 0 Å². The van der Waals surface area contributed by atoms with Crippen LogP contribution in [0.1, 0.15) is 21.0 Å². The number of benzene rings is 1. The topological polar surface area (TPSA) is 108 Å². The van der Waals surface area contributed by atoms with E-state index in [9.17, 15) is 9.59 Å². The van der Waals surface area contributed by atoms with E-state index in [1.54, 1.807) is 0 Å².